The number of carbonyl (C=O) groups is 1. The van der Waals surface area contributed by atoms with E-state index in [0.29, 0.717) is 23.7 Å². The van der Waals surface area contributed by atoms with E-state index in [1.54, 1.807) is 25.6 Å². The van der Waals surface area contributed by atoms with E-state index < -0.39 is 15.2 Å². The van der Waals surface area contributed by atoms with Crippen LogP contribution in [0.2, 0.25) is 0 Å². The molecule has 1 amide bonds. The number of hydrogen-bond acceptors (Lipinski definition) is 6. The number of anilines is 1. The van der Waals surface area contributed by atoms with Gasteiger partial charge in [-0.05, 0) is 13.8 Å². The monoisotopic (exact) mass is 332 g/mol. The number of thioether (sulfide) groups is 1. The number of nitrogens with two attached hydrogens (primary N) is 1. The molecule has 1 fully saturated rings. The van der Waals surface area contributed by atoms with Crippen LogP contribution in [0.15, 0.2) is 0 Å². The quantitative estimate of drug-likeness (QED) is 0.838. The second-order valence-electron chi connectivity index (χ2n) is 5.19. The highest BCUT2D eigenvalue weighted by molar-refractivity contribution is 8.00. The average Bonchev–Trinajstić information content (AvgIpc) is 2.65. The third kappa shape index (κ3) is 3.34. The fraction of sp³-hybridized carbons (Fsp3) is 0.667. The van der Waals surface area contributed by atoms with Crippen molar-refractivity contribution >= 4 is 33.2 Å². The summed E-state index contributed by atoms with van der Waals surface area (Å²) in [5.41, 5.74) is 7.81. The van der Waals surface area contributed by atoms with Crippen molar-refractivity contribution in [1.29, 1.82) is 0 Å². The van der Waals surface area contributed by atoms with Gasteiger partial charge in [0.15, 0.2) is 9.84 Å². The minimum atomic E-state index is -3.30. The molecule has 0 saturated carbocycles. The molecule has 0 aromatic carbocycles. The summed E-state index contributed by atoms with van der Waals surface area (Å²) in [5, 5.41) is 3.47. The van der Waals surface area contributed by atoms with E-state index in [9.17, 15) is 13.2 Å². The first-order valence-electron chi connectivity index (χ1n) is 6.57. The highest BCUT2D eigenvalue weighted by atomic mass is 32.2. The third-order valence-corrected chi connectivity index (χ3v) is 6.26. The minimum Gasteiger partial charge on any atom is -0.396 e. The molecule has 7 nitrogen and oxygen atoms in total. The Hall–Kier alpha value is -1.22. The first-order valence-corrected chi connectivity index (χ1v) is 9.68. The molecular formula is C12H20N4O3S2. The molecule has 1 saturated heterocycles. The van der Waals surface area contributed by atoms with Gasteiger partial charge >= 0.3 is 0 Å². The van der Waals surface area contributed by atoms with Gasteiger partial charge in [-0.2, -0.15) is 16.9 Å². The highest BCUT2D eigenvalue weighted by Gasteiger charge is 2.34. The molecule has 1 aliphatic heterocycles. The second-order valence-corrected chi connectivity index (χ2v) is 8.54. The van der Waals surface area contributed by atoms with Crippen molar-refractivity contribution in [2.75, 3.05) is 30.0 Å². The van der Waals surface area contributed by atoms with Crippen molar-refractivity contribution in [2.24, 2.45) is 0 Å². The van der Waals surface area contributed by atoms with Crippen LogP contribution < -0.4 is 5.73 Å². The number of nitrogen functional groups attached to an aromatic ring is 1. The van der Waals surface area contributed by atoms with Crippen LogP contribution in [0.3, 0.4) is 0 Å². The number of aromatic nitrogens is 2. The van der Waals surface area contributed by atoms with Crippen LogP contribution in [0, 0.1) is 13.8 Å². The highest BCUT2D eigenvalue weighted by Crippen LogP contribution is 2.21. The van der Waals surface area contributed by atoms with E-state index in [0.717, 1.165) is 11.4 Å². The molecule has 0 radical (unpaired) electrons. The summed E-state index contributed by atoms with van der Waals surface area (Å²) < 4.78 is 25.2. The number of aryl methyl sites for hydroxylation is 1. The van der Waals surface area contributed by atoms with Crippen molar-refractivity contribution in [3.63, 3.8) is 0 Å². The average molecular weight is 332 g/mol. The molecule has 0 bridgehead atoms. The topological polar surface area (TPSA) is 98.3 Å². The molecule has 118 valence electrons. The van der Waals surface area contributed by atoms with Crippen LogP contribution >= 0.6 is 11.8 Å². The normalized spacial score (nSPS) is 19.8. The minimum absolute atomic E-state index is 0.0144. The van der Waals surface area contributed by atoms with Crippen molar-refractivity contribution in [1.82, 2.24) is 14.7 Å². The second kappa shape index (κ2) is 5.88. The van der Waals surface area contributed by atoms with Gasteiger partial charge in [0.2, 0.25) is 5.91 Å². The Balaban J connectivity index is 2.20. The number of hydrogen-bond donors (Lipinski definition) is 1. The number of nitrogens with zero attached hydrogens (tertiary/aromatic N) is 3. The van der Waals surface area contributed by atoms with Crippen LogP contribution in [-0.4, -0.2) is 58.7 Å². The summed E-state index contributed by atoms with van der Waals surface area (Å²) in [6.07, 6.45) is 1.17. The summed E-state index contributed by atoms with van der Waals surface area (Å²) in [6, 6.07) is 0. The zero-order chi connectivity index (χ0) is 15.8. The number of sulfone groups is 1. The molecule has 1 aromatic rings. The van der Waals surface area contributed by atoms with Gasteiger partial charge < -0.3 is 10.6 Å². The summed E-state index contributed by atoms with van der Waals surface area (Å²) in [7, 11) is -3.30. The SMILES string of the molecule is Cc1nn(CC(=O)N2CCSCC2S(C)(=O)=O)c(C)c1N. The lowest BCUT2D eigenvalue weighted by Crippen LogP contribution is -2.51. The van der Waals surface area contributed by atoms with Gasteiger partial charge in [0.1, 0.15) is 11.9 Å². The predicted molar refractivity (Wildman–Crippen MR) is 83.8 cm³/mol. The van der Waals surface area contributed by atoms with Crippen LogP contribution in [0.4, 0.5) is 5.69 Å². The smallest absolute Gasteiger partial charge is 0.245 e. The first kappa shape index (κ1) is 16.2. The lowest BCUT2D eigenvalue weighted by atomic mass is 10.3. The molecule has 1 aromatic heterocycles. The lowest BCUT2D eigenvalue weighted by molar-refractivity contribution is -0.132. The Morgan fingerprint density at radius 2 is 2.14 bits per heavy atom. The Labute approximate surface area is 128 Å². The van der Waals surface area contributed by atoms with E-state index in [4.69, 9.17) is 5.73 Å². The largest absolute Gasteiger partial charge is 0.396 e. The van der Waals surface area contributed by atoms with Gasteiger partial charge in [-0.25, -0.2) is 8.42 Å². The number of carbonyl (C=O) groups excluding carboxylic acids is 1. The van der Waals surface area contributed by atoms with Crippen molar-refractivity contribution in [3.8, 4) is 0 Å². The first-order chi connectivity index (χ1) is 9.71. The van der Waals surface area contributed by atoms with Gasteiger partial charge in [0.25, 0.3) is 0 Å². The van der Waals surface area contributed by atoms with E-state index >= 15 is 0 Å². The van der Waals surface area contributed by atoms with E-state index in [1.165, 1.54) is 15.8 Å². The van der Waals surface area contributed by atoms with E-state index in [2.05, 4.69) is 5.10 Å². The molecule has 0 aliphatic carbocycles. The van der Waals surface area contributed by atoms with E-state index in [-0.39, 0.29) is 12.5 Å². The maximum Gasteiger partial charge on any atom is 0.245 e. The van der Waals surface area contributed by atoms with Gasteiger partial charge in [-0.1, -0.05) is 0 Å². The predicted octanol–water partition coefficient (Wildman–Crippen LogP) is 0.0282. The molecule has 1 atom stereocenters. The van der Waals surface area contributed by atoms with Crippen molar-refractivity contribution in [2.45, 2.75) is 25.8 Å². The standard InChI is InChI=1S/C12H20N4O3S2/c1-8-12(13)9(2)16(14-8)6-10(17)15-4-5-20-7-11(15)21(3,18)19/h11H,4-7,13H2,1-3H3. The molecule has 2 rings (SSSR count). The van der Waals surface area contributed by atoms with Crippen molar-refractivity contribution in [3.05, 3.63) is 11.4 Å². The van der Waals surface area contributed by atoms with Gasteiger partial charge in [0, 0.05) is 24.3 Å². The molecular weight excluding hydrogens is 312 g/mol. The molecule has 9 heteroatoms. The molecule has 1 aliphatic rings. The molecule has 21 heavy (non-hydrogen) atoms. The molecule has 0 spiro atoms. The summed E-state index contributed by atoms with van der Waals surface area (Å²) in [4.78, 5) is 13.9. The Kier molecular flexibility index (Phi) is 4.52. The Morgan fingerprint density at radius 1 is 1.48 bits per heavy atom. The van der Waals surface area contributed by atoms with Crippen LogP contribution in [0.25, 0.3) is 0 Å². The Morgan fingerprint density at radius 3 is 2.67 bits per heavy atom. The van der Waals surface area contributed by atoms with Crippen LogP contribution in [0.1, 0.15) is 11.4 Å². The lowest BCUT2D eigenvalue weighted by Gasteiger charge is -2.34. The summed E-state index contributed by atoms with van der Waals surface area (Å²) in [5.74, 6) is 0.928. The summed E-state index contributed by atoms with van der Waals surface area (Å²) in [6.45, 7) is 4.03. The van der Waals surface area contributed by atoms with Crippen LogP contribution in [-0.2, 0) is 21.2 Å². The molecule has 2 N–H and O–H groups in total. The fourth-order valence-electron chi connectivity index (χ4n) is 2.30. The zero-order valence-electron chi connectivity index (χ0n) is 12.4. The maximum absolute atomic E-state index is 12.4. The molecule has 1 unspecified atom stereocenters. The van der Waals surface area contributed by atoms with Crippen molar-refractivity contribution < 1.29 is 13.2 Å². The Bertz CT molecular complexity index is 654. The maximum atomic E-state index is 12.4. The van der Waals surface area contributed by atoms with Gasteiger partial charge in [-0.3, -0.25) is 9.48 Å². The number of amides is 1. The van der Waals surface area contributed by atoms with Gasteiger partial charge in [0.05, 0.1) is 17.1 Å². The summed E-state index contributed by atoms with van der Waals surface area (Å²) >= 11 is 1.55. The fourth-order valence-corrected chi connectivity index (χ4v) is 5.14. The van der Waals surface area contributed by atoms with E-state index in [1.807, 2.05) is 0 Å². The molecule has 2 heterocycles. The van der Waals surface area contributed by atoms with Crippen LogP contribution in [0.5, 0.6) is 0 Å². The van der Waals surface area contributed by atoms with Gasteiger partial charge in [-0.15, -0.1) is 0 Å². The number of rotatable bonds is 3. The third-order valence-electron chi connectivity index (χ3n) is 3.62. The zero-order valence-corrected chi connectivity index (χ0v) is 14.0.